The minimum atomic E-state index is -1.58. The van der Waals surface area contributed by atoms with Crippen molar-refractivity contribution in [3.63, 3.8) is 0 Å². The van der Waals surface area contributed by atoms with Gasteiger partial charge in [0.05, 0.1) is 6.42 Å². The summed E-state index contributed by atoms with van der Waals surface area (Å²) in [5.74, 6) is -2.84. The van der Waals surface area contributed by atoms with Crippen LogP contribution in [0.1, 0.15) is 17.0 Å². The molecule has 1 atom stereocenters. The van der Waals surface area contributed by atoms with E-state index in [2.05, 4.69) is 10.5 Å². The normalized spacial score (nSPS) is 13.3. The van der Waals surface area contributed by atoms with Crippen LogP contribution in [0.5, 0.6) is 11.5 Å². The monoisotopic (exact) mass is 348 g/mol. The van der Waals surface area contributed by atoms with Gasteiger partial charge in [-0.15, -0.1) is 0 Å². The molecular formula is C15H12N2O8. The summed E-state index contributed by atoms with van der Waals surface area (Å²) in [6, 6.07) is 4.76. The van der Waals surface area contributed by atoms with Crippen LogP contribution in [-0.2, 0) is 9.59 Å². The maximum absolute atomic E-state index is 12.0. The molecule has 3 rings (SSSR count). The minimum Gasteiger partial charge on any atom is -0.481 e. The average molecular weight is 348 g/mol. The third-order valence-electron chi connectivity index (χ3n) is 3.38. The molecule has 0 saturated carbocycles. The van der Waals surface area contributed by atoms with Gasteiger partial charge < -0.3 is 29.5 Å². The van der Waals surface area contributed by atoms with Gasteiger partial charge in [-0.1, -0.05) is 5.16 Å². The fourth-order valence-electron chi connectivity index (χ4n) is 2.18. The Balaban J connectivity index is 1.75. The fourth-order valence-corrected chi connectivity index (χ4v) is 2.18. The molecule has 25 heavy (non-hydrogen) atoms. The Bertz CT molecular complexity index is 844. The molecule has 0 fully saturated rings. The van der Waals surface area contributed by atoms with E-state index in [0.717, 1.165) is 0 Å². The van der Waals surface area contributed by atoms with Gasteiger partial charge in [0.15, 0.2) is 11.5 Å². The number of ether oxygens (including phenoxy) is 2. The number of amides is 1. The fraction of sp³-hybridized carbons (Fsp3) is 0.200. The summed E-state index contributed by atoms with van der Waals surface area (Å²) in [5, 5.41) is 23.4. The lowest BCUT2D eigenvalue weighted by atomic mass is 10.1. The van der Waals surface area contributed by atoms with Gasteiger partial charge in [0.25, 0.3) is 5.91 Å². The Kier molecular flexibility index (Phi) is 4.25. The molecule has 0 saturated heterocycles. The van der Waals surface area contributed by atoms with Crippen molar-refractivity contribution in [3.8, 4) is 22.8 Å². The SMILES string of the molecule is O=C(O)C[C@H](NC(=O)c1cc(-c2ccc3c(c2)OCO3)no1)C(=O)O. The van der Waals surface area contributed by atoms with Crippen LogP contribution in [0.2, 0.25) is 0 Å². The minimum absolute atomic E-state index is 0.116. The summed E-state index contributed by atoms with van der Waals surface area (Å²) < 4.78 is 15.4. The smallest absolute Gasteiger partial charge is 0.326 e. The van der Waals surface area contributed by atoms with Crippen molar-refractivity contribution in [1.29, 1.82) is 0 Å². The van der Waals surface area contributed by atoms with Gasteiger partial charge in [0.2, 0.25) is 12.6 Å². The van der Waals surface area contributed by atoms with Gasteiger partial charge in [-0.2, -0.15) is 0 Å². The van der Waals surface area contributed by atoms with E-state index in [0.29, 0.717) is 22.8 Å². The number of aliphatic carboxylic acids is 2. The highest BCUT2D eigenvalue weighted by Gasteiger charge is 2.25. The summed E-state index contributed by atoms with van der Waals surface area (Å²) in [5.41, 5.74) is 0.931. The van der Waals surface area contributed by atoms with Crippen molar-refractivity contribution < 1.29 is 38.6 Å². The number of nitrogens with zero attached hydrogens (tertiary/aromatic N) is 1. The second-order valence-corrected chi connectivity index (χ2v) is 5.11. The summed E-state index contributed by atoms with van der Waals surface area (Å²) >= 11 is 0. The first-order chi connectivity index (χ1) is 11.9. The third kappa shape index (κ3) is 3.52. The summed E-state index contributed by atoms with van der Waals surface area (Å²) in [6.45, 7) is 0.116. The lowest BCUT2D eigenvalue weighted by Crippen LogP contribution is -2.42. The first-order valence-corrected chi connectivity index (χ1v) is 7.06. The van der Waals surface area contributed by atoms with Crippen molar-refractivity contribution in [1.82, 2.24) is 10.5 Å². The van der Waals surface area contributed by atoms with E-state index in [1.165, 1.54) is 6.07 Å². The quantitative estimate of drug-likeness (QED) is 0.686. The second kappa shape index (κ2) is 6.51. The summed E-state index contributed by atoms with van der Waals surface area (Å²) in [7, 11) is 0. The summed E-state index contributed by atoms with van der Waals surface area (Å²) in [6.07, 6.45) is -0.760. The van der Waals surface area contributed by atoms with Crippen LogP contribution in [0.25, 0.3) is 11.3 Å². The molecule has 1 aromatic heterocycles. The van der Waals surface area contributed by atoms with E-state index in [4.69, 9.17) is 24.2 Å². The van der Waals surface area contributed by atoms with Crippen molar-refractivity contribution in [2.24, 2.45) is 0 Å². The molecule has 0 radical (unpaired) electrons. The molecule has 1 aromatic carbocycles. The number of benzene rings is 1. The van der Waals surface area contributed by atoms with Crippen molar-refractivity contribution in [2.45, 2.75) is 12.5 Å². The molecule has 10 nitrogen and oxygen atoms in total. The number of carboxylic acids is 2. The number of carbonyl (C=O) groups excluding carboxylic acids is 1. The number of fused-ring (bicyclic) bond motifs is 1. The second-order valence-electron chi connectivity index (χ2n) is 5.11. The predicted molar refractivity (Wildman–Crippen MR) is 79.2 cm³/mol. The number of carboxylic acid groups (broad SMARTS) is 2. The van der Waals surface area contributed by atoms with E-state index < -0.39 is 30.3 Å². The van der Waals surface area contributed by atoms with Gasteiger partial charge in [-0.3, -0.25) is 9.59 Å². The third-order valence-corrected chi connectivity index (χ3v) is 3.38. The lowest BCUT2D eigenvalue weighted by Gasteiger charge is -2.10. The van der Waals surface area contributed by atoms with Gasteiger partial charge in [0.1, 0.15) is 11.7 Å². The Morgan fingerprint density at radius 3 is 2.64 bits per heavy atom. The maximum atomic E-state index is 12.0. The standard InChI is InChI=1S/C15H12N2O8/c18-13(19)5-9(15(21)22)16-14(20)12-4-8(17-25-12)7-1-2-10-11(3-7)24-6-23-10/h1-4,9H,5-6H2,(H,16,20)(H,18,19)(H,21,22)/t9-/m0/s1. The molecule has 1 aliphatic rings. The molecule has 1 aliphatic heterocycles. The molecule has 0 spiro atoms. The zero-order chi connectivity index (χ0) is 18.0. The van der Waals surface area contributed by atoms with Crippen molar-refractivity contribution in [3.05, 3.63) is 30.0 Å². The van der Waals surface area contributed by atoms with Crippen molar-refractivity contribution in [2.75, 3.05) is 6.79 Å². The van der Waals surface area contributed by atoms with Crippen LogP contribution in [0.4, 0.5) is 0 Å². The molecule has 1 amide bonds. The van der Waals surface area contributed by atoms with Gasteiger partial charge in [-0.25, -0.2) is 4.79 Å². The number of carbonyl (C=O) groups is 3. The van der Waals surface area contributed by atoms with Crippen LogP contribution in [0.3, 0.4) is 0 Å². The van der Waals surface area contributed by atoms with E-state index in [1.54, 1.807) is 18.2 Å². The highest BCUT2D eigenvalue weighted by Crippen LogP contribution is 2.35. The Morgan fingerprint density at radius 2 is 1.92 bits per heavy atom. The molecule has 130 valence electrons. The van der Waals surface area contributed by atoms with Crippen LogP contribution in [-0.4, -0.2) is 46.1 Å². The zero-order valence-corrected chi connectivity index (χ0v) is 12.6. The Labute approximate surface area is 139 Å². The molecule has 0 unspecified atom stereocenters. The summed E-state index contributed by atoms with van der Waals surface area (Å²) in [4.78, 5) is 33.7. The van der Waals surface area contributed by atoms with E-state index in [-0.39, 0.29) is 12.6 Å². The lowest BCUT2D eigenvalue weighted by molar-refractivity contribution is -0.145. The first kappa shape index (κ1) is 16.3. The van der Waals surface area contributed by atoms with Gasteiger partial charge in [-0.05, 0) is 18.2 Å². The van der Waals surface area contributed by atoms with Gasteiger partial charge >= 0.3 is 11.9 Å². The highest BCUT2D eigenvalue weighted by molar-refractivity contribution is 5.95. The van der Waals surface area contributed by atoms with Crippen LogP contribution < -0.4 is 14.8 Å². The van der Waals surface area contributed by atoms with E-state index >= 15 is 0 Å². The highest BCUT2D eigenvalue weighted by atomic mass is 16.7. The number of hydrogen-bond acceptors (Lipinski definition) is 7. The number of hydrogen-bond donors (Lipinski definition) is 3. The first-order valence-electron chi connectivity index (χ1n) is 7.06. The average Bonchev–Trinajstić information content (AvgIpc) is 3.22. The van der Waals surface area contributed by atoms with Gasteiger partial charge in [0, 0.05) is 11.6 Å². The molecule has 2 heterocycles. The molecule has 2 aromatic rings. The largest absolute Gasteiger partial charge is 0.481 e. The Morgan fingerprint density at radius 1 is 1.16 bits per heavy atom. The Hall–Kier alpha value is -3.56. The number of nitrogens with one attached hydrogen (secondary N) is 1. The number of aromatic nitrogens is 1. The van der Waals surface area contributed by atoms with E-state index in [9.17, 15) is 14.4 Å². The maximum Gasteiger partial charge on any atom is 0.326 e. The van der Waals surface area contributed by atoms with Crippen molar-refractivity contribution >= 4 is 17.8 Å². The molecule has 0 aliphatic carbocycles. The van der Waals surface area contributed by atoms with Crippen LogP contribution in [0.15, 0.2) is 28.8 Å². The molecule has 3 N–H and O–H groups in total. The topological polar surface area (TPSA) is 148 Å². The molecule has 0 bridgehead atoms. The number of rotatable bonds is 6. The molecular weight excluding hydrogens is 336 g/mol. The van der Waals surface area contributed by atoms with Crippen LogP contribution in [0, 0.1) is 0 Å². The zero-order valence-electron chi connectivity index (χ0n) is 12.6. The van der Waals surface area contributed by atoms with E-state index in [1.807, 2.05) is 0 Å². The predicted octanol–water partition coefficient (Wildman–Crippen LogP) is 0.728. The van der Waals surface area contributed by atoms with Crippen LogP contribution >= 0.6 is 0 Å². The molecule has 10 heteroatoms.